The Morgan fingerprint density at radius 3 is 1.85 bits per heavy atom. The Balaban J connectivity index is 3.99. The summed E-state index contributed by atoms with van der Waals surface area (Å²) in [5, 5.41) is 44.7. The van der Waals surface area contributed by atoms with E-state index >= 15 is 0 Å². The van der Waals surface area contributed by atoms with Crippen LogP contribution in [0.1, 0.15) is 0 Å². The van der Waals surface area contributed by atoms with E-state index in [1.807, 2.05) is 0 Å². The van der Waals surface area contributed by atoms with Gasteiger partial charge in [0.25, 0.3) is 0 Å². The third-order valence-electron chi connectivity index (χ3n) is 1.66. The van der Waals surface area contributed by atoms with Crippen molar-refractivity contribution in [2.45, 2.75) is 24.4 Å². The van der Waals surface area contributed by atoms with Gasteiger partial charge < -0.3 is 30.3 Å². The minimum atomic E-state index is -1.59. The summed E-state index contributed by atoms with van der Waals surface area (Å²) >= 11 is 0. The largest absolute Gasteiger partial charge is 0.394 e. The first-order chi connectivity index (χ1) is 6.04. The van der Waals surface area contributed by atoms with E-state index in [0.29, 0.717) is 0 Å². The number of hydrogen-bond acceptors (Lipinski definition) is 6. The van der Waals surface area contributed by atoms with E-state index in [1.54, 1.807) is 0 Å². The SMILES string of the molecule is COC[C@H](O)[C@@H](O)[C@H](O)[C@@H](O)CO. The molecule has 0 aromatic rings. The first kappa shape index (κ1) is 12.8. The fourth-order valence-electron chi connectivity index (χ4n) is 0.833. The third kappa shape index (κ3) is 3.99. The van der Waals surface area contributed by atoms with E-state index in [9.17, 15) is 0 Å². The molecule has 0 saturated carbocycles. The van der Waals surface area contributed by atoms with Crippen LogP contribution >= 0.6 is 0 Å². The van der Waals surface area contributed by atoms with Crippen molar-refractivity contribution >= 4 is 0 Å². The summed E-state index contributed by atoms with van der Waals surface area (Å²) in [5.41, 5.74) is 0. The normalized spacial score (nSPS) is 20.8. The topological polar surface area (TPSA) is 110 Å². The van der Waals surface area contributed by atoms with Gasteiger partial charge in [-0.05, 0) is 0 Å². The highest BCUT2D eigenvalue weighted by Crippen LogP contribution is 2.04. The van der Waals surface area contributed by atoms with Gasteiger partial charge in [-0.3, -0.25) is 0 Å². The number of methoxy groups -OCH3 is 1. The molecule has 0 saturated heterocycles. The molecule has 0 aliphatic heterocycles. The molecule has 5 N–H and O–H groups in total. The van der Waals surface area contributed by atoms with Crippen molar-refractivity contribution in [3.8, 4) is 0 Å². The maximum Gasteiger partial charge on any atom is 0.111 e. The van der Waals surface area contributed by atoms with Crippen molar-refractivity contribution in [3.63, 3.8) is 0 Å². The van der Waals surface area contributed by atoms with Crippen LogP contribution in [0.15, 0.2) is 0 Å². The van der Waals surface area contributed by atoms with Crippen LogP contribution in [0, 0.1) is 0 Å². The van der Waals surface area contributed by atoms with Gasteiger partial charge in [-0.15, -0.1) is 0 Å². The Hall–Kier alpha value is -0.240. The third-order valence-corrected chi connectivity index (χ3v) is 1.66. The van der Waals surface area contributed by atoms with Crippen LogP contribution in [0.25, 0.3) is 0 Å². The molecule has 0 unspecified atom stereocenters. The minimum Gasteiger partial charge on any atom is -0.394 e. The molecule has 0 fully saturated rings. The van der Waals surface area contributed by atoms with Crippen molar-refractivity contribution in [1.82, 2.24) is 0 Å². The lowest BCUT2D eigenvalue weighted by molar-refractivity contribution is -0.126. The van der Waals surface area contributed by atoms with Crippen LogP contribution in [0.4, 0.5) is 0 Å². The highest BCUT2D eigenvalue weighted by molar-refractivity contribution is 4.80. The summed E-state index contributed by atoms with van der Waals surface area (Å²) in [5.74, 6) is 0. The van der Waals surface area contributed by atoms with Gasteiger partial charge in [-0.2, -0.15) is 0 Å². The van der Waals surface area contributed by atoms with Gasteiger partial charge in [0.05, 0.1) is 13.2 Å². The van der Waals surface area contributed by atoms with Crippen LogP contribution in [0.2, 0.25) is 0 Å². The number of hydrogen-bond donors (Lipinski definition) is 5. The lowest BCUT2D eigenvalue weighted by atomic mass is 10.0. The van der Waals surface area contributed by atoms with E-state index in [-0.39, 0.29) is 6.61 Å². The molecular weight excluding hydrogens is 180 g/mol. The standard InChI is InChI=1S/C7H16O6/c1-13-3-5(10)7(12)6(11)4(9)2-8/h4-12H,2-3H2,1H3/t4-,5-,6+,7+/m0/s1. The van der Waals surface area contributed by atoms with Gasteiger partial charge in [0.15, 0.2) is 0 Å². The average molecular weight is 196 g/mol. The van der Waals surface area contributed by atoms with E-state index in [0.717, 1.165) is 0 Å². The van der Waals surface area contributed by atoms with Crippen LogP contribution in [-0.2, 0) is 4.74 Å². The Kier molecular flexibility index (Phi) is 6.13. The van der Waals surface area contributed by atoms with E-state index in [2.05, 4.69) is 4.74 Å². The molecule has 6 nitrogen and oxygen atoms in total. The summed E-state index contributed by atoms with van der Waals surface area (Å²) in [6.45, 7) is -0.839. The molecule has 0 bridgehead atoms. The molecule has 80 valence electrons. The monoisotopic (exact) mass is 196 g/mol. The zero-order chi connectivity index (χ0) is 10.4. The number of ether oxygens (including phenoxy) is 1. The molecule has 0 spiro atoms. The summed E-state index contributed by atoms with van der Waals surface area (Å²) < 4.78 is 4.52. The zero-order valence-electron chi connectivity index (χ0n) is 7.37. The molecule has 0 heterocycles. The lowest BCUT2D eigenvalue weighted by Crippen LogP contribution is -2.47. The van der Waals surface area contributed by atoms with Crippen molar-refractivity contribution in [2.24, 2.45) is 0 Å². The lowest BCUT2D eigenvalue weighted by Gasteiger charge is -2.24. The smallest absolute Gasteiger partial charge is 0.111 e. The molecule has 0 aliphatic carbocycles. The van der Waals surface area contributed by atoms with Gasteiger partial charge in [0.1, 0.15) is 24.4 Å². The Morgan fingerprint density at radius 2 is 1.46 bits per heavy atom. The van der Waals surface area contributed by atoms with Crippen LogP contribution in [0.3, 0.4) is 0 Å². The second-order valence-corrected chi connectivity index (χ2v) is 2.75. The summed E-state index contributed by atoms with van der Waals surface area (Å²) in [7, 11) is 1.32. The maximum atomic E-state index is 9.17. The zero-order valence-corrected chi connectivity index (χ0v) is 7.37. The van der Waals surface area contributed by atoms with E-state index in [4.69, 9.17) is 25.5 Å². The molecule has 0 aromatic heterocycles. The van der Waals surface area contributed by atoms with Gasteiger partial charge in [0, 0.05) is 7.11 Å². The summed E-state index contributed by atoms with van der Waals surface area (Å²) in [6.07, 6.45) is -5.89. The van der Waals surface area contributed by atoms with Crippen molar-refractivity contribution < 1.29 is 30.3 Å². The second kappa shape index (κ2) is 6.25. The molecule has 0 radical (unpaired) electrons. The Morgan fingerprint density at radius 1 is 1.00 bits per heavy atom. The fraction of sp³-hybridized carbons (Fsp3) is 1.00. The number of aliphatic hydroxyl groups is 5. The predicted octanol–water partition coefficient (Wildman–Crippen LogP) is -2.93. The molecule has 0 aromatic carbocycles. The Labute approximate surface area is 76.0 Å². The second-order valence-electron chi connectivity index (χ2n) is 2.75. The minimum absolute atomic E-state index is 0.156. The average Bonchev–Trinajstić information content (AvgIpc) is 2.14. The quantitative estimate of drug-likeness (QED) is 0.311. The highest BCUT2D eigenvalue weighted by Gasteiger charge is 2.29. The molecule has 4 atom stereocenters. The highest BCUT2D eigenvalue weighted by atomic mass is 16.5. The summed E-state index contributed by atoms with van der Waals surface area (Å²) in [6, 6.07) is 0. The van der Waals surface area contributed by atoms with Crippen molar-refractivity contribution in [3.05, 3.63) is 0 Å². The molecule has 0 rings (SSSR count). The van der Waals surface area contributed by atoms with Crippen LogP contribution in [0.5, 0.6) is 0 Å². The van der Waals surface area contributed by atoms with Crippen molar-refractivity contribution in [1.29, 1.82) is 0 Å². The van der Waals surface area contributed by atoms with Gasteiger partial charge in [-0.25, -0.2) is 0 Å². The predicted molar refractivity (Wildman–Crippen MR) is 43.0 cm³/mol. The van der Waals surface area contributed by atoms with Gasteiger partial charge >= 0.3 is 0 Å². The molecule has 0 amide bonds. The molecule has 0 aliphatic rings. The van der Waals surface area contributed by atoms with E-state index in [1.165, 1.54) is 7.11 Å². The fourth-order valence-corrected chi connectivity index (χ4v) is 0.833. The van der Waals surface area contributed by atoms with Gasteiger partial charge in [0.2, 0.25) is 0 Å². The first-order valence-electron chi connectivity index (χ1n) is 3.86. The van der Waals surface area contributed by atoms with Crippen LogP contribution in [-0.4, -0.2) is 70.3 Å². The molecule has 6 heteroatoms. The summed E-state index contributed by atoms with van der Waals surface area (Å²) in [4.78, 5) is 0. The number of rotatable bonds is 6. The van der Waals surface area contributed by atoms with Gasteiger partial charge in [-0.1, -0.05) is 0 Å². The van der Waals surface area contributed by atoms with E-state index < -0.39 is 31.0 Å². The number of aliphatic hydroxyl groups excluding tert-OH is 5. The first-order valence-corrected chi connectivity index (χ1v) is 3.86. The maximum absolute atomic E-state index is 9.17. The van der Waals surface area contributed by atoms with Crippen molar-refractivity contribution in [2.75, 3.05) is 20.3 Å². The Bertz CT molecular complexity index is 130. The molecular formula is C7H16O6. The molecule has 13 heavy (non-hydrogen) atoms. The van der Waals surface area contributed by atoms with Crippen LogP contribution < -0.4 is 0 Å².